The number of fused-ring (bicyclic) bond motifs is 1. The van der Waals surface area contributed by atoms with Crippen LogP contribution >= 0.6 is 45.5 Å². The Bertz CT molecular complexity index is 1760. The number of phosphoric acid groups is 2. The molecule has 7 N–H and O–H groups in total. The number of nitrogen functional groups attached to an aromatic ring is 1. The van der Waals surface area contributed by atoms with Crippen molar-refractivity contribution in [2.45, 2.75) is 62.7 Å². The highest BCUT2D eigenvalue weighted by Crippen LogP contribution is 2.58. The Balaban J connectivity index is 1.56. The molecule has 2 aromatic rings. The van der Waals surface area contributed by atoms with E-state index < -0.39 is 64.5 Å². The molecule has 1 saturated heterocycles. The summed E-state index contributed by atoms with van der Waals surface area (Å²) in [5.41, 5.74) is 6.94. The molecule has 0 saturated carbocycles. The maximum atomic E-state index is 12.3. The Kier molecular flexibility index (Phi) is 19.8. The van der Waals surface area contributed by atoms with Gasteiger partial charge in [0.1, 0.15) is 36.1 Å². The van der Waals surface area contributed by atoms with Crippen LogP contribution in [0.5, 0.6) is 0 Å². The number of aromatic nitrogens is 3. The van der Waals surface area contributed by atoms with Crippen molar-refractivity contribution in [1.82, 2.24) is 19.9 Å². The summed E-state index contributed by atoms with van der Waals surface area (Å²) in [7, 11) is -11.8. The van der Waals surface area contributed by atoms with Crippen molar-refractivity contribution in [1.29, 1.82) is 0 Å². The predicted molar refractivity (Wildman–Crippen MR) is 207 cm³/mol. The van der Waals surface area contributed by atoms with Gasteiger partial charge in [-0.2, -0.15) is 0 Å². The van der Waals surface area contributed by atoms with E-state index in [1.807, 2.05) is 0 Å². The normalized spacial score (nSPS) is 19.9. The lowest BCUT2D eigenvalue weighted by Crippen LogP contribution is -2.29. The van der Waals surface area contributed by atoms with Crippen LogP contribution in [-0.4, -0.2) is 108 Å². The molecule has 0 spiro atoms. The highest BCUT2D eigenvalue weighted by Gasteiger charge is 2.40. The number of carbonyl (C=O) groups excluding carboxylic acids is 1. The van der Waals surface area contributed by atoms with Crippen LogP contribution in [-0.2, 0) is 66.4 Å². The molecule has 27 heteroatoms. The number of aliphatic hydroxyl groups is 1. The van der Waals surface area contributed by atoms with Gasteiger partial charge < -0.3 is 54.4 Å². The van der Waals surface area contributed by atoms with Crippen LogP contribution in [0.25, 0.3) is 11.0 Å². The summed E-state index contributed by atoms with van der Waals surface area (Å²) in [6.45, 7) is 4.32. The first-order chi connectivity index (χ1) is 25.4. The number of nitrogens with zero attached hydrogens (tertiary/aromatic N) is 3. The number of hydrogen-bond acceptors (Lipinski definition) is 18. The molecule has 1 amide bonds. The third-order valence-corrected chi connectivity index (χ3v) is 14.3. The molecular weight excluding hydrogens is 856 g/mol. The summed E-state index contributed by atoms with van der Waals surface area (Å²) in [6.07, 6.45) is 3.66. The zero-order valence-electron chi connectivity index (χ0n) is 29.4. The molecule has 1 fully saturated rings. The van der Waals surface area contributed by atoms with Crippen molar-refractivity contribution in [2.24, 2.45) is 0 Å². The molecule has 1 aliphatic heterocycles. The van der Waals surface area contributed by atoms with E-state index in [9.17, 15) is 23.4 Å². The lowest BCUT2D eigenvalue weighted by atomic mass is 10.1. The Hall–Kier alpha value is -1.19. The average Bonchev–Trinajstić information content (AvgIpc) is 3.64. The highest BCUT2D eigenvalue weighted by atomic mass is 33.1. The Morgan fingerprint density at radius 1 is 1.26 bits per heavy atom. The maximum absolute atomic E-state index is 12.3. The fourth-order valence-corrected chi connectivity index (χ4v) is 9.90. The fraction of sp³-hybridized carbons (Fsp3) is 0.667. The molecule has 3 heterocycles. The van der Waals surface area contributed by atoms with E-state index in [1.165, 1.54) is 6.33 Å². The topological polar surface area (TPSA) is 283 Å². The third-order valence-electron chi connectivity index (χ3n) is 6.95. The van der Waals surface area contributed by atoms with Gasteiger partial charge in [-0.05, 0) is 50.6 Å². The van der Waals surface area contributed by atoms with Crippen LogP contribution in [0, 0.1) is 11.8 Å². The molecule has 0 aromatic carbocycles. The molecule has 3 rings (SSSR count). The summed E-state index contributed by atoms with van der Waals surface area (Å²) in [4.78, 5) is 48.0. The number of rotatable bonds is 23. The predicted octanol–water partition coefficient (Wildman–Crippen LogP) is 3.36. The van der Waals surface area contributed by atoms with Gasteiger partial charge in [-0.1, -0.05) is 42.9 Å². The summed E-state index contributed by atoms with van der Waals surface area (Å²) < 4.78 is 72.2. The minimum atomic E-state index is -5.27. The number of anilines is 1. The first kappa shape index (κ1) is 47.2. The second-order valence-electron chi connectivity index (χ2n) is 11.8. The van der Waals surface area contributed by atoms with Crippen LogP contribution in [0.15, 0.2) is 12.5 Å². The van der Waals surface area contributed by atoms with Crippen LogP contribution in [0.2, 0.25) is 0 Å². The van der Waals surface area contributed by atoms with Crippen LogP contribution in [0.3, 0.4) is 0 Å². The minimum absolute atomic E-state index is 0.0346. The summed E-state index contributed by atoms with van der Waals surface area (Å²) >= 11 is 5.22. The maximum Gasteiger partial charge on any atom is 0.479 e. The number of nitrogens with one attached hydrogen (secondary N) is 1. The summed E-state index contributed by atoms with van der Waals surface area (Å²) in [5, 5.41) is 12.1. The lowest BCUT2D eigenvalue weighted by molar-refractivity contribution is -0.0519. The molecule has 306 valence electrons. The Labute approximate surface area is 327 Å². The molecule has 0 radical (unpaired) electrons. The number of carbonyl (C=O) groups is 1. The van der Waals surface area contributed by atoms with E-state index in [0.717, 1.165) is 0 Å². The van der Waals surface area contributed by atoms with Crippen LogP contribution in [0.1, 0.15) is 51.3 Å². The SMILES string of the molecule is CS(=S)CO[C@H]1CC(n2cc(C#CCNC(=O)OCCCCOCSSC(C)(C)CCO)c3c(N)ncnc32)O[C@@H]1COP(=O)(O)O[PH](=O)OP(=O)(O)O. The average molecular weight is 900 g/mol. The Morgan fingerprint density at radius 2 is 2.00 bits per heavy atom. The summed E-state index contributed by atoms with van der Waals surface area (Å²) in [6, 6.07) is 0. The van der Waals surface area contributed by atoms with Crippen molar-refractivity contribution in [3.63, 3.8) is 0 Å². The molecule has 6 atom stereocenters. The van der Waals surface area contributed by atoms with Crippen molar-refractivity contribution in [2.75, 3.05) is 56.8 Å². The zero-order valence-corrected chi connectivity index (χ0v) is 35.4. The number of alkyl carbamates (subject to hydrolysis) is 1. The number of hydrogen-bond donors (Lipinski definition) is 6. The Morgan fingerprint density at radius 3 is 2.70 bits per heavy atom. The number of ether oxygens (including phenoxy) is 4. The second kappa shape index (κ2) is 22.7. The molecule has 54 heavy (non-hydrogen) atoms. The number of amides is 1. The first-order valence-electron chi connectivity index (χ1n) is 15.9. The monoisotopic (exact) mass is 899 g/mol. The smallest absolute Gasteiger partial charge is 0.450 e. The van der Waals surface area contributed by atoms with Gasteiger partial charge in [-0.15, -0.1) is 0 Å². The third kappa shape index (κ3) is 17.1. The van der Waals surface area contributed by atoms with Crippen molar-refractivity contribution in [3.05, 3.63) is 18.1 Å². The highest BCUT2D eigenvalue weighted by molar-refractivity contribution is 8.77. The van der Waals surface area contributed by atoms with Crippen molar-refractivity contribution in [3.8, 4) is 11.8 Å². The van der Waals surface area contributed by atoms with E-state index in [1.54, 1.807) is 38.6 Å². The quantitative estimate of drug-likeness (QED) is 0.0307. The largest absolute Gasteiger partial charge is 0.479 e. The van der Waals surface area contributed by atoms with Gasteiger partial charge in [0.2, 0.25) is 0 Å². The van der Waals surface area contributed by atoms with Gasteiger partial charge in [-0.3, -0.25) is 9.09 Å². The molecular formula is C27H44N5O15P3S4. The van der Waals surface area contributed by atoms with Gasteiger partial charge in [-0.25, -0.2) is 32.5 Å². The standard InChI is InChI=1S/C27H44N5O15P3S4/c1-27(2,8-10-33)53-52-17-41-11-4-5-12-42-26(34)29-9-6-7-19-14-32(25-23(19)24(28)30-16-31-25)22-13-20(43-18-54(3)51)21(45-22)15-44-50(39,40)47-48(35)46-49(36,37)38/h14,16,20-22,33,48H,4-5,8-13,15,17-18H2,1-3H3,(H,29,34)(H,39,40)(H2,28,30,31)(H2,36,37,38)/t20-,21+,22?,54?/m0/s1. The minimum Gasteiger partial charge on any atom is -0.450 e. The molecule has 20 nitrogen and oxygen atoms in total. The molecule has 2 aromatic heterocycles. The first-order valence-corrected chi connectivity index (χ1v) is 25.2. The summed E-state index contributed by atoms with van der Waals surface area (Å²) in [5.74, 6) is 6.59. The van der Waals surface area contributed by atoms with E-state index in [4.69, 9.17) is 55.3 Å². The number of phosphoric ester groups is 1. The van der Waals surface area contributed by atoms with Gasteiger partial charge in [0.05, 0.1) is 42.8 Å². The second-order valence-corrected chi connectivity index (χ2v) is 22.0. The van der Waals surface area contributed by atoms with Crippen molar-refractivity contribution >= 4 is 89.1 Å². The van der Waals surface area contributed by atoms with Gasteiger partial charge in [0, 0.05) is 30.6 Å². The van der Waals surface area contributed by atoms with Gasteiger partial charge in [0.15, 0.2) is 0 Å². The number of nitrogens with two attached hydrogens (primary N) is 1. The van der Waals surface area contributed by atoms with E-state index >= 15 is 0 Å². The number of aliphatic hydroxyl groups excluding tert-OH is 1. The van der Waals surface area contributed by atoms with Crippen LogP contribution in [0.4, 0.5) is 10.6 Å². The molecule has 0 bridgehead atoms. The fourth-order valence-electron chi connectivity index (χ4n) is 4.57. The van der Waals surface area contributed by atoms with Gasteiger partial charge >= 0.3 is 30.0 Å². The van der Waals surface area contributed by atoms with E-state index in [0.29, 0.717) is 48.4 Å². The molecule has 4 unspecified atom stereocenters. The molecule has 0 aliphatic carbocycles. The van der Waals surface area contributed by atoms with Gasteiger partial charge in [0.25, 0.3) is 0 Å². The van der Waals surface area contributed by atoms with Crippen molar-refractivity contribution < 1.29 is 70.4 Å². The van der Waals surface area contributed by atoms with E-state index in [2.05, 4.69) is 49.6 Å². The lowest BCUT2D eigenvalue weighted by Gasteiger charge is -2.21. The van der Waals surface area contributed by atoms with Crippen LogP contribution < -0.4 is 11.1 Å². The zero-order chi connectivity index (χ0) is 39.9. The number of unbranched alkanes of at least 4 members (excludes halogenated alkanes) is 1. The van der Waals surface area contributed by atoms with E-state index in [-0.39, 0.29) is 42.7 Å². The molecule has 1 aliphatic rings.